The lowest BCUT2D eigenvalue weighted by Crippen LogP contribution is -2.56. The molecule has 0 aromatic heterocycles. The number of carbonyl (C=O) groups excluding carboxylic acids is 1. The molecule has 3 fully saturated rings. The van der Waals surface area contributed by atoms with E-state index in [1.807, 2.05) is 6.92 Å². The third-order valence-electron chi connectivity index (χ3n) is 3.36. The van der Waals surface area contributed by atoms with Gasteiger partial charge >= 0.3 is 5.97 Å². The molecule has 0 radical (unpaired) electrons. The first-order valence-corrected chi connectivity index (χ1v) is 5.74. The number of hydrogen-bond acceptors (Lipinski definition) is 3. The molecular weight excluding hydrogens is 178 g/mol. The van der Waals surface area contributed by atoms with Crippen molar-refractivity contribution in [2.24, 2.45) is 5.92 Å². The van der Waals surface area contributed by atoms with Crippen molar-refractivity contribution in [3.05, 3.63) is 0 Å². The van der Waals surface area contributed by atoms with Crippen molar-refractivity contribution in [3.8, 4) is 0 Å². The average molecular weight is 197 g/mol. The van der Waals surface area contributed by atoms with Crippen LogP contribution < -0.4 is 5.32 Å². The summed E-state index contributed by atoms with van der Waals surface area (Å²) in [6.45, 7) is 2.59. The maximum atomic E-state index is 11.7. The van der Waals surface area contributed by atoms with E-state index in [1.165, 1.54) is 25.7 Å². The van der Waals surface area contributed by atoms with Crippen LogP contribution in [0.4, 0.5) is 0 Å². The Hall–Kier alpha value is -0.570. The first kappa shape index (κ1) is 9.97. The number of fused-ring (bicyclic) bond motifs is 3. The lowest BCUT2D eigenvalue weighted by Gasteiger charge is -2.42. The molecule has 2 aliphatic heterocycles. The van der Waals surface area contributed by atoms with Crippen LogP contribution in [0.5, 0.6) is 0 Å². The molecule has 3 rings (SSSR count). The molecule has 1 N–H and O–H groups in total. The second-order valence-corrected chi connectivity index (χ2v) is 4.42. The van der Waals surface area contributed by atoms with E-state index in [1.54, 1.807) is 0 Å². The summed E-state index contributed by atoms with van der Waals surface area (Å²) >= 11 is 0. The summed E-state index contributed by atoms with van der Waals surface area (Å²) in [6, 6.07) is 0.563. The standard InChI is InChI=1S/C11H19NO2/c1-2-7-14-11(13)10-8-3-5-9(12-10)6-4-8/h8-10,12H,2-7H2,1H3. The Kier molecular flexibility index (Phi) is 3.06. The van der Waals surface area contributed by atoms with E-state index in [-0.39, 0.29) is 12.0 Å². The molecule has 14 heavy (non-hydrogen) atoms. The maximum absolute atomic E-state index is 11.7. The minimum absolute atomic E-state index is 0.00551. The summed E-state index contributed by atoms with van der Waals surface area (Å²) in [7, 11) is 0. The fourth-order valence-corrected chi connectivity index (χ4v) is 2.56. The number of rotatable bonds is 3. The van der Waals surface area contributed by atoms with Crippen LogP contribution in [0.15, 0.2) is 0 Å². The summed E-state index contributed by atoms with van der Waals surface area (Å²) in [5.41, 5.74) is 0. The molecular formula is C11H19NO2. The summed E-state index contributed by atoms with van der Waals surface area (Å²) in [6.07, 6.45) is 5.78. The van der Waals surface area contributed by atoms with E-state index in [0.29, 0.717) is 18.6 Å². The van der Waals surface area contributed by atoms with Gasteiger partial charge in [0.15, 0.2) is 0 Å². The predicted molar refractivity (Wildman–Crippen MR) is 53.9 cm³/mol. The van der Waals surface area contributed by atoms with E-state index in [4.69, 9.17) is 4.74 Å². The summed E-state index contributed by atoms with van der Waals surface area (Å²) in [4.78, 5) is 11.7. The van der Waals surface area contributed by atoms with Crippen LogP contribution in [0.2, 0.25) is 0 Å². The molecule has 0 aromatic rings. The number of nitrogens with one attached hydrogen (secondary N) is 1. The van der Waals surface area contributed by atoms with Crippen molar-refractivity contribution in [1.29, 1.82) is 0 Å². The highest BCUT2D eigenvalue weighted by atomic mass is 16.5. The van der Waals surface area contributed by atoms with Crippen LogP contribution in [0, 0.1) is 5.92 Å². The summed E-state index contributed by atoms with van der Waals surface area (Å²) in [5.74, 6) is 0.505. The number of ether oxygens (including phenoxy) is 1. The van der Waals surface area contributed by atoms with Gasteiger partial charge in [0.05, 0.1) is 6.61 Å². The van der Waals surface area contributed by atoms with Gasteiger partial charge in [0, 0.05) is 6.04 Å². The average Bonchev–Trinajstić information content (AvgIpc) is 2.27. The molecule has 0 amide bonds. The number of piperidine rings is 2. The van der Waals surface area contributed by atoms with Crippen LogP contribution in [0.1, 0.15) is 39.0 Å². The molecule has 2 bridgehead atoms. The van der Waals surface area contributed by atoms with Crippen molar-refractivity contribution in [3.63, 3.8) is 0 Å². The first-order chi connectivity index (χ1) is 6.81. The zero-order valence-electron chi connectivity index (χ0n) is 8.79. The Bertz CT molecular complexity index is 209. The molecule has 1 aliphatic carbocycles. The second-order valence-electron chi connectivity index (χ2n) is 4.42. The molecule has 1 unspecified atom stereocenters. The first-order valence-electron chi connectivity index (χ1n) is 5.74. The highest BCUT2D eigenvalue weighted by Crippen LogP contribution is 2.33. The van der Waals surface area contributed by atoms with Gasteiger partial charge < -0.3 is 10.1 Å². The fourth-order valence-electron chi connectivity index (χ4n) is 2.56. The van der Waals surface area contributed by atoms with E-state index < -0.39 is 0 Å². The fraction of sp³-hybridized carbons (Fsp3) is 0.909. The van der Waals surface area contributed by atoms with E-state index in [0.717, 1.165) is 6.42 Å². The zero-order chi connectivity index (χ0) is 9.97. The molecule has 80 valence electrons. The minimum atomic E-state index is -0.0266. The molecule has 1 saturated carbocycles. The molecule has 1 atom stereocenters. The van der Waals surface area contributed by atoms with Crippen molar-refractivity contribution < 1.29 is 9.53 Å². The Morgan fingerprint density at radius 2 is 2.07 bits per heavy atom. The maximum Gasteiger partial charge on any atom is 0.323 e. The van der Waals surface area contributed by atoms with Gasteiger partial charge in [-0.15, -0.1) is 0 Å². The molecule has 3 heteroatoms. The highest BCUT2D eigenvalue weighted by Gasteiger charge is 2.39. The van der Waals surface area contributed by atoms with Gasteiger partial charge in [-0.2, -0.15) is 0 Å². The van der Waals surface area contributed by atoms with Gasteiger partial charge in [0.25, 0.3) is 0 Å². The predicted octanol–water partition coefficient (Wildman–Crippen LogP) is 1.47. The van der Waals surface area contributed by atoms with E-state index in [9.17, 15) is 4.79 Å². The number of hydrogen-bond donors (Lipinski definition) is 1. The van der Waals surface area contributed by atoms with Gasteiger partial charge in [-0.3, -0.25) is 4.79 Å². The lowest BCUT2D eigenvalue weighted by atomic mass is 9.76. The van der Waals surface area contributed by atoms with Crippen LogP contribution in [-0.4, -0.2) is 24.7 Å². The minimum Gasteiger partial charge on any atom is -0.465 e. The lowest BCUT2D eigenvalue weighted by molar-refractivity contribution is -0.150. The largest absolute Gasteiger partial charge is 0.465 e. The molecule has 3 nitrogen and oxygen atoms in total. The zero-order valence-corrected chi connectivity index (χ0v) is 8.79. The van der Waals surface area contributed by atoms with Crippen molar-refractivity contribution in [2.75, 3.05) is 6.61 Å². The van der Waals surface area contributed by atoms with Crippen LogP contribution >= 0.6 is 0 Å². The van der Waals surface area contributed by atoms with Gasteiger partial charge in [-0.1, -0.05) is 6.92 Å². The van der Waals surface area contributed by atoms with Crippen LogP contribution in [0.3, 0.4) is 0 Å². The van der Waals surface area contributed by atoms with Gasteiger partial charge in [0.1, 0.15) is 6.04 Å². The number of carbonyl (C=O) groups is 1. The van der Waals surface area contributed by atoms with E-state index in [2.05, 4.69) is 5.32 Å². The third kappa shape index (κ3) is 1.92. The Morgan fingerprint density at radius 1 is 1.36 bits per heavy atom. The molecule has 0 spiro atoms. The second kappa shape index (κ2) is 4.30. The van der Waals surface area contributed by atoms with Crippen LogP contribution in [-0.2, 0) is 9.53 Å². The van der Waals surface area contributed by atoms with Gasteiger partial charge in [0.2, 0.25) is 0 Å². The van der Waals surface area contributed by atoms with E-state index >= 15 is 0 Å². The number of esters is 1. The highest BCUT2D eigenvalue weighted by molar-refractivity contribution is 5.76. The Balaban J connectivity index is 1.88. The molecule has 2 heterocycles. The molecule has 3 aliphatic rings. The van der Waals surface area contributed by atoms with Crippen molar-refractivity contribution >= 4 is 5.97 Å². The van der Waals surface area contributed by atoms with Gasteiger partial charge in [-0.05, 0) is 38.0 Å². The topological polar surface area (TPSA) is 38.3 Å². The Morgan fingerprint density at radius 3 is 2.57 bits per heavy atom. The normalized spacial score (nSPS) is 35.6. The monoisotopic (exact) mass is 197 g/mol. The van der Waals surface area contributed by atoms with Crippen LogP contribution in [0.25, 0.3) is 0 Å². The SMILES string of the molecule is CCCOC(=O)C1NC2CCC1CC2. The Labute approximate surface area is 85.2 Å². The smallest absolute Gasteiger partial charge is 0.323 e. The summed E-state index contributed by atoms with van der Waals surface area (Å²) < 4.78 is 5.18. The quantitative estimate of drug-likeness (QED) is 0.696. The summed E-state index contributed by atoms with van der Waals surface area (Å²) in [5, 5.41) is 3.39. The van der Waals surface area contributed by atoms with Crippen molar-refractivity contribution in [1.82, 2.24) is 5.32 Å². The van der Waals surface area contributed by atoms with Crippen molar-refractivity contribution in [2.45, 2.75) is 51.1 Å². The third-order valence-corrected chi connectivity index (χ3v) is 3.36. The van der Waals surface area contributed by atoms with Gasteiger partial charge in [-0.25, -0.2) is 0 Å². The molecule has 0 aromatic carbocycles. The molecule has 2 saturated heterocycles.